The van der Waals surface area contributed by atoms with Crippen LogP contribution in [0.2, 0.25) is 0 Å². The molecule has 0 aromatic rings. The molecule has 0 bridgehead atoms. The maximum atomic E-state index is 3.40. The van der Waals surface area contributed by atoms with E-state index in [9.17, 15) is 0 Å². The third-order valence-corrected chi connectivity index (χ3v) is 2.04. The van der Waals surface area contributed by atoms with Crippen LogP contribution in [-0.2, 0) is 0 Å². The van der Waals surface area contributed by atoms with E-state index in [0.29, 0.717) is 6.04 Å². The smallest absolute Gasteiger partial charge is 0.0651 e. The zero-order valence-electron chi connectivity index (χ0n) is 6.43. The van der Waals surface area contributed by atoms with Gasteiger partial charge in [0.2, 0.25) is 0 Å². The van der Waals surface area contributed by atoms with Crippen molar-refractivity contribution in [2.75, 3.05) is 19.8 Å². The quantitative estimate of drug-likeness (QED) is 0.439. The lowest BCUT2D eigenvalue weighted by Gasteiger charge is -2.27. The molecule has 2 heterocycles. The highest BCUT2D eigenvalue weighted by Gasteiger charge is 2.16. The molecule has 0 saturated carbocycles. The summed E-state index contributed by atoms with van der Waals surface area (Å²) in [5.74, 6) is 0. The molecule has 0 aromatic carbocycles. The second-order valence-electron chi connectivity index (χ2n) is 2.82. The highest BCUT2D eigenvalue weighted by Crippen LogP contribution is 2.03. The van der Waals surface area contributed by atoms with Gasteiger partial charge in [-0.1, -0.05) is 12.2 Å². The summed E-state index contributed by atoms with van der Waals surface area (Å²) in [4.78, 5) is 0. The van der Waals surface area contributed by atoms with Crippen LogP contribution in [0.4, 0.5) is 0 Å². The summed E-state index contributed by atoms with van der Waals surface area (Å²) in [6.45, 7) is 2.88. The van der Waals surface area contributed by atoms with E-state index in [4.69, 9.17) is 0 Å². The van der Waals surface area contributed by atoms with Crippen molar-refractivity contribution in [1.82, 2.24) is 16.0 Å². The molecule has 2 rings (SSSR count). The lowest BCUT2D eigenvalue weighted by atomic mass is 10.2. The fourth-order valence-electron chi connectivity index (χ4n) is 1.42. The van der Waals surface area contributed by atoms with Crippen LogP contribution in [0.25, 0.3) is 0 Å². The van der Waals surface area contributed by atoms with Gasteiger partial charge in [-0.2, -0.15) is 0 Å². The van der Waals surface area contributed by atoms with Crippen LogP contribution < -0.4 is 16.0 Å². The summed E-state index contributed by atoms with van der Waals surface area (Å²) in [6, 6.07) is 0.471. The minimum Gasteiger partial charge on any atom is -0.374 e. The molecule has 1 fully saturated rings. The summed E-state index contributed by atoms with van der Waals surface area (Å²) >= 11 is 0. The fourth-order valence-corrected chi connectivity index (χ4v) is 1.42. The number of hydrogen-bond donors (Lipinski definition) is 3. The van der Waals surface area contributed by atoms with E-state index in [1.165, 1.54) is 5.70 Å². The van der Waals surface area contributed by atoms with Gasteiger partial charge in [-0.05, 0) is 6.08 Å². The Balaban J connectivity index is 2.11. The summed E-state index contributed by atoms with van der Waals surface area (Å²) in [5, 5.41) is 9.97. The Labute approximate surface area is 66.6 Å². The van der Waals surface area contributed by atoms with Crippen molar-refractivity contribution in [3.05, 3.63) is 23.9 Å². The van der Waals surface area contributed by atoms with Gasteiger partial charge >= 0.3 is 0 Å². The topological polar surface area (TPSA) is 36.1 Å². The standard InChI is InChI=1S/C8H13N3/c1-2-4-10-8-5-9-6-11-7(8)3-1/h1-3,8-11H,4-6H2. The van der Waals surface area contributed by atoms with E-state index in [2.05, 4.69) is 34.2 Å². The number of rotatable bonds is 0. The third-order valence-electron chi connectivity index (χ3n) is 2.04. The van der Waals surface area contributed by atoms with Gasteiger partial charge in [0.05, 0.1) is 12.7 Å². The van der Waals surface area contributed by atoms with E-state index in [0.717, 1.165) is 19.8 Å². The van der Waals surface area contributed by atoms with Crippen molar-refractivity contribution in [3.8, 4) is 0 Å². The lowest BCUT2D eigenvalue weighted by molar-refractivity contribution is 0.454. The molecule has 2 aliphatic rings. The minimum absolute atomic E-state index is 0.471. The molecule has 0 aliphatic carbocycles. The predicted molar refractivity (Wildman–Crippen MR) is 45.0 cm³/mol. The van der Waals surface area contributed by atoms with Gasteiger partial charge < -0.3 is 10.6 Å². The van der Waals surface area contributed by atoms with Crippen molar-refractivity contribution in [2.45, 2.75) is 6.04 Å². The van der Waals surface area contributed by atoms with Gasteiger partial charge in [0.15, 0.2) is 0 Å². The zero-order valence-corrected chi connectivity index (χ0v) is 6.43. The van der Waals surface area contributed by atoms with Gasteiger partial charge in [0.1, 0.15) is 0 Å². The van der Waals surface area contributed by atoms with Crippen molar-refractivity contribution in [1.29, 1.82) is 0 Å². The number of allylic oxidation sites excluding steroid dienone is 2. The maximum absolute atomic E-state index is 3.40. The van der Waals surface area contributed by atoms with Crippen molar-refractivity contribution >= 4 is 0 Å². The number of nitrogens with one attached hydrogen (secondary N) is 3. The zero-order chi connectivity index (χ0) is 7.52. The Morgan fingerprint density at radius 2 is 2.45 bits per heavy atom. The minimum atomic E-state index is 0.471. The molecule has 1 atom stereocenters. The second kappa shape index (κ2) is 3.07. The van der Waals surface area contributed by atoms with Crippen LogP contribution in [0.15, 0.2) is 23.9 Å². The highest BCUT2D eigenvalue weighted by molar-refractivity contribution is 5.21. The highest BCUT2D eigenvalue weighted by atomic mass is 15.2. The van der Waals surface area contributed by atoms with Crippen LogP contribution in [0.1, 0.15) is 0 Å². The molecule has 0 aromatic heterocycles. The van der Waals surface area contributed by atoms with Gasteiger partial charge in [0, 0.05) is 18.8 Å². The van der Waals surface area contributed by atoms with Gasteiger partial charge in [-0.15, -0.1) is 0 Å². The molecule has 0 spiro atoms. The molecule has 0 radical (unpaired) electrons. The Kier molecular flexibility index (Phi) is 1.92. The first-order valence-electron chi connectivity index (χ1n) is 4.01. The number of hydrogen-bond acceptors (Lipinski definition) is 3. The van der Waals surface area contributed by atoms with Gasteiger partial charge in [0.25, 0.3) is 0 Å². The third kappa shape index (κ3) is 1.44. The number of fused-ring (bicyclic) bond motifs is 1. The summed E-state index contributed by atoms with van der Waals surface area (Å²) in [5.41, 5.74) is 1.30. The normalized spacial score (nSPS) is 29.8. The Morgan fingerprint density at radius 3 is 3.45 bits per heavy atom. The molecule has 60 valence electrons. The average Bonchev–Trinajstić information content (AvgIpc) is 2.28. The fraction of sp³-hybridized carbons (Fsp3) is 0.500. The summed E-state index contributed by atoms with van der Waals surface area (Å²) in [6.07, 6.45) is 6.37. The molecule has 3 N–H and O–H groups in total. The van der Waals surface area contributed by atoms with Crippen molar-refractivity contribution in [2.24, 2.45) is 0 Å². The van der Waals surface area contributed by atoms with Crippen LogP contribution in [0.3, 0.4) is 0 Å². The summed E-state index contributed by atoms with van der Waals surface area (Å²) < 4.78 is 0. The van der Waals surface area contributed by atoms with E-state index < -0.39 is 0 Å². The first-order chi connectivity index (χ1) is 5.47. The molecule has 0 amide bonds. The maximum Gasteiger partial charge on any atom is 0.0651 e. The van der Waals surface area contributed by atoms with E-state index >= 15 is 0 Å². The monoisotopic (exact) mass is 151 g/mol. The lowest BCUT2D eigenvalue weighted by Crippen LogP contribution is -2.51. The van der Waals surface area contributed by atoms with Crippen LogP contribution in [-0.4, -0.2) is 25.8 Å². The molecule has 3 nitrogen and oxygen atoms in total. The SMILES string of the molecule is C1=CCNC2CNCNC2=C1. The average molecular weight is 151 g/mol. The molecule has 11 heavy (non-hydrogen) atoms. The van der Waals surface area contributed by atoms with Crippen molar-refractivity contribution in [3.63, 3.8) is 0 Å². The molecule has 3 heteroatoms. The molecule has 2 aliphatic heterocycles. The Morgan fingerprint density at radius 1 is 1.45 bits per heavy atom. The Bertz CT molecular complexity index is 196. The van der Waals surface area contributed by atoms with Gasteiger partial charge in [-0.25, -0.2) is 0 Å². The van der Waals surface area contributed by atoms with E-state index in [1.54, 1.807) is 0 Å². The van der Waals surface area contributed by atoms with Crippen LogP contribution >= 0.6 is 0 Å². The van der Waals surface area contributed by atoms with Crippen molar-refractivity contribution < 1.29 is 0 Å². The Hall–Kier alpha value is -0.800. The van der Waals surface area contributed by atoms with E-state index in [1.807, 2.05) is 0 Å². The molecule has 1 saturated heterocycles. The van der Waals surface area contributed by atoms with E-state index in [-0.39, 0.29) is 0 Å². The largest absolute Gasteiger partial charge is 0.374 e. The molecular formula is C8H13N3. The first-order valence-corrected chi connectivity index (χ1v) is 4.01. The molecular weight excluding hydrogens is 138 g/mol. The molecule has 1 unspecified atom stereocenters. The van der Waals surface area contributed by atoms with Gasteiger partial charge in [-0.3, -0.25) is 5.32 Å². The predicted octanol–water partition coefficient (Wildman–Crippen LogP) is -0.451. The van der Waals surface area contributed by atoms with Crippen LogP contribution in [0.5, 0.6) is 0 Å². The first kappa shape index (κ1) is 6.88. The van der Waals surface area contributed by atoms with Crippen LogP contribution in [0, 0.1) is 0 Å². The summed E-state index contributed by atoms with van der Waals surface area (Å²) in [7, 11) is 0. The second-order valence-corrected chi connectivity index (χ2v) is 2.82.